The first kappa shape index (κ1) is 21.8. The van der Waals surface area contributed by atoms with Crippen LogP contribution in [-0.2, 0) is 4.79 Å². The number of amides is 1. The van der Waals surface area contributed by atoms with E-state index in [2.05, 4.69) is 26.5 Å². The number of rotatable bonds is 4. The standard InChI is InChI=1S/C16H27F4N5O2/c1-8-5-10(3-4-11(8)17)14(27)23-15(21-9(2)7-26)22-13-6-12(24-25-13)16(18,19)20/h8-13,24-26H,3-7H2,1-2H3,(H2,21,22,23,27)/t8?,9-,10?,11?,12?,13?/m1/s1. The molecule has 6 atom stereocenters. The summed E-state index contributed by atoms with van der Waals surface area (Å²) < 4.78 is 51.9. The minimum Gasteiger partial charge on any atom is -0.394 e. The molecule has 0 radical (unpaired) electrons. The lowest BCUT2D eigenvalue weighted by Gasteiger charge is -2.29. The summed E-state index contributed by atoms with van der Waals surface area (Å²) in [5, 5.41) is 14.6. The van der Waals surface area contributed by atoms with E-state index in [1.807, 2.05) is 0 Å². The molecule has 1 amide bonds. The highest BCUT2D eigenvalue weighted by atomic mass is 19.4. The van der Waals surface area contributed by atoms with Crippen molar-refractivity contribution in [1.29, 1.82) is 0 Å². The summed E-state index contributed by atoms with van der Waals surface area (Å²) in [6, 6.07) is -2.20. The molecule has 1 aliphatic heterocycles. The first-order chi connectivity index (χ1) is 12.6. The summed E-state index contributed by atoms with van der Waals surface area (Å²) in [5.74, 6) is -0.990. The molecule has 156 valence electrons. The molecule has 2 fully saturated rings. The van der Waals surface area contributed by atoms with Crippen LogP contribution in [0.2, 0.25) is 0 Å². The third-order valence-corrected chi connectivity index (χ3v) is 4.90. The Morgan fingerprint density at radius 2 is 2.00 bits per heavy atom. The molecule has 2 rings (SSSR count). The monoisotopic (exact) mass is 397 g/mol. The van der Waals surface area contributed by atoms with Crippen molar-refractivity contribution in [2.75, 3.05) is 6.61 Å². The Kier molecular flexibility index (Phi) is 7.40. The molecule has 2 aliphatic rings. The molecular weight excluding hydrogens is 370 g/mol. The van der Waals surface area contributed by atoms with E-state index >= 15 is 0 Å². The van der Waals surface area contributed by atoms with Gasteiger partial charge in [-0.25, -0.2) is 20.2 Å². The van der Waals surface area contributed by atoms with Crippen LogP contribution in [0.4, 0.5) is 17.6 Å². The number of aliphatic hydroxyl groups excluding tert-OH is 1. The van der Waals surface area contributed by atoms with E-state index in [1.165, 1.54) is 0 Å². The van der Waals surface area contributed by atoms with Gasteiger partial charge in [0.2, 0.25) is 5.91 Å². The zero-order valence-corrected chi connectivity index (χ0v) is 15.3. The van der Waals surface area contributed by atoms with Crippen molar-refractivity contribution >= 4 is 11.9 Å². The second-order valence-electron chi connectivity index (χ2n) is 7.33. The third kappa shape index (κ3) is 6.28. The number of hydrazine groups is 1. The third-order valence-electron chi connectivity index (χ3n) is 4.90. The lowest BCUT2D eigenvalue weighted by atomic mass is 9.81. The van der Waals surface area contributed by atoms with Gasteiger partial charge in [0.25, 0.3) is 0 Å². The van der Waals surface area contributed by atoms with Crippen LogP contribution in [0, 0.1) is 11.8 Å². The fourth-order valence-corrected chi connectivity index (χ4v) is 3.19. The quantitative estimate of drug-likeness (QED) is 0.277. The fraction of sp³-hybridized carbons (Fsp3) is 0.875. The zero-order chi connectivity index (χ0) is 20.2. The highest BCUT2D eigenvalue weighted by Crippen LogP contribution is 2.31. The van der Waals surface area contributed by atoms with Gasteiger partial charge in [-0.15, -0.1) is 0 Å². The molecule has 27 heavy (non-hydrogen) atoms. The van der Waals surface area contributed by atoms with E-state index in [4.69, 9.17) is 0 Å². The average molecular weight is 397 g/mol. The minimum atomic E-state index is -4.41. The summed E-state index contributed by atoms with van der Waals surface area (Å²) >= 11 is 0. The number of aliphatic imine (C=N–C) groups is 1. The summed E-state index contributed by atoms with van der Waals surface area (Å²) in [7, 11) is 0. The number of carbonyl (C=O) groups excluding carboxylic acids is 1. The van der Waals surface area contributed by atoms with Crippen molar-refractivity contribution in [2.24, 2.45) is 16.8 Å². The maximum absolute atomic E-state index is 13.6. The Labute approximate surface area is 155 Å². The fourth-order valence-electron chi connectivity index (χ4n) is 3.19. The van der Waals surface area contributed by atoms with Gasteiger partial charge in [-0.05, 0) is 32.1 Å². The molecule has 0 spiro atoms. The average Bonchev–Trinajstić information content (AvgIpc) is 3.05. The first-order valence-corrected chi connectivity index (χ1v) is 9.08. The first-order valence-electron chi connectivity index (χ1n) is 9.08. The maximum Gasteiger partial charge on any atom is 0.405 e. The van der Waals surface area contributed by atoms with Crippen molar-refractivity contribution in [3.05, 3.63) is 0 Å². The zero-order valence-electron chi connectivity index (χ0n) is 15.3. The molecule has 1 heterocycles. The molecule has 1 saturated carbocycles. The SMILES string of the molecule is CC1CC(C(=O)N/C(=N/C2CC(C(F)(F)F)NN2)N[C@H](C)CO)CCC1F. The molecule has 0 aromatic heterocycles. The Morgan fingerprint density at radius 3 is 2.56 bits per heavy atom. The van der Waals surface area contributed by atoms with Crippen LogP contribution in [0.25, 0.3) is 0 Å². The second-order valence-corrected chi connectivity index (χ2v) is 7.33. The molecule has 5 unspecified atom stereocenters. The molecule has 1 saturated heterocycles. The van der Waals surface area contributed by atoms with E-state index in [1.54, 1.807) is 13.8 Å². The van der Waals surface area contributed by atoms with Gasteiger partial charge < -0.3 is 10.4 Å². The lowest BCUT2D eigenvalue weighted by Crippen LogP contribution is -2.49. The second kappa shape index (κ2) is 9.16. The number of hydrogen-bond acceptors (Lipinski definition) is 5. The number of nitrogens with zero attached hydrogens (tertiary/aromatic N) is 1. The van der Waals surface area contributed by atoms with Crippen LogP contribution in [0.5, 0.6) is 0 Å². The number of carbonyl (C=O) groups is 1. The van der Waals surface area contributed by atoms with Crippen molar-refractivity contribution in [3.8, 4) is 0 Å². The summed E-state index contributed by atoms with van der Waals surface area (Å²) in [5.41, 5.74) is 4.57. The van der Waals surface area contributed by atoms with Crippen LogP contribution in [0.15, 0.2) is 4.99 Å². The summed E-state index contributed by atoms with van der Waals surface area (Å²) in [6.07, 6.45) is -5.47. The predicted molar refractivity (Wildman–Crippen MR) is 91.2 cm³/mol. The van der Waals surface area contributed by atoms with Gasteiger partial charge in [-0.1, -0.05) is 6.92 Å². The Bertz CT molecular complexity index is 545. The molecule has 11 heteroatoms. The van der Waals surface area contributed by atoms with Crippen LogP contribution in [0.3, 0.4) is 0 Å². The van der Waals surface area contributed by atoms with Crippen molar-refractivity contribution in [1.82, 2.24) is 21.5 Å². The van der Waals surface area contributed by atoms with Gasteiger partial charge in [-0.3, -0.25) is 10.1 Å². The largest absolute Gasteiger partial charge is 0.405 e. The summed E-state index contributed by atoms with van der Waals surface area (Å²) in [6.45, 7) is 3.13. The lowest BCUT2D eigenvalue weighted by molar-refractivity contribution is -0.153. The minimum absolute atomic E-state index is 0.0151. The van der Waals surface area contributed by atoms with E-state index < -0.39 is 30.6 Å². The molecular formula is C16H27F4N5O2. The number of nitrogens with one attached hydrogen (secondary N) is 4. The summed E-state index contributed by atoms with van der Waals surface area (Å²) in [4.78, 5) is 16.6. The smallest absolute Gasteiger partial charge is 0.394 e. The number of aliphatic hydroxyl groups is 1. The molecule has 0 bridgehead atoms. The number of hydrogen-bond donors (Lipinski definition) is 5. The highest BCUT2D eigenvalue weighted by molar-refractivity contribution is 5.98. The Hall–Kier alpha value is -1.46. The topological polar surface area (TPSA) is 97.8 Å². The molecule has 5 N–H and O–H groups in total. The van der Waals surface area contributed by atoms with Gasteiger partial charge >= 0.3 is 6.18 Å². The van der Waals surface area contributed by atoms with Crippen LogP contribution in [-0.4, -0.2) is 54.2 Å². The van der Waals surface area contributed by atoms with Gasteiger partial charge in [0, 0.05) is 18.4 Å². The van der Waals surface area contributed by atoms with Crippen LogP contribution in [0.1, 0.15) is 39.5 Å². The van der Waals surface area contributed by atoms with E-state index in [0.29, 0.717) is 19.3 Å². The number of halogens is 4. The van der Waals surface area contributed by atoms with Crippen molar-refractivity contribution in [3.63, 3.8) is 0 Å². The Morgan fingerprint density at radius 1 is 1.30 bits per heavy atom. The van der Waals surface area contributed by atoms with Crippen LogP contribution < -0.4 is 21.5 Å². The van der Waals surface area contributed by atoms with Crippen molar-refractivity contribution < 1.29 is 27.5 Å². The van der Waals surface area contributed by atoms with E-state index in [-0.39, 0.29) is 36.7 Å². The van der Waals surface area contributed by atoms with E-state index in [9.17, 15) is 27.5 Å². The highest BCUT2D eigenvalue weighted by Gasteiger charge is 2.44. The molecule has 0 aromatic carbocycles. The van der Waals surface area contributed by atoms with Gasteiger partial charge in [0.05, 0.1) is 6.61 Å². The van der Waals surface area contributed by atoms with Gasteiger partial charge in [0.1, 0.15) is 18.4 Å². The van der Waals surface area contributed by atoms with E-state index in [0.717, 1.165) is 0 Å². The predicted octanol–water partition coefficient (Wildman–Crippen LogP) is 0.958. The maximum atomic E-state index is 13.6. The normalized spacial score (nSPS) is 33.6. The molecule has 1 aliphatic carbocycles. The molecule has 0 aromatic rings. The molecule has 7 nitrogen and oxygen atoms in total. The number of guanidine groups is 1. The van der Waals surface area contributed by atoms with Gasteiger partial charge in [0.15, 0.2) is 5.96 Å². The van der Waals surface area contributed by atoms with Gasteiger partial charge in [-0.2, -0.15) is 13.2 Å². The van der Waals surface area contributed by atoms with Crippen LogP contribution >= 0.6 is 0 Å². The Balaban J connectivity index is 2.02. The van der Waals surface area contributed by atoms with Crippen molar-refractivity contribution in [2.45, 2.75) is 70.1 Å². The number of alkyl halides is 4.